The van der Waals surface area contributed by atoms with Gasteiger partial charge in [-0.2, -0.15) is 0 Å². The van der Waals surface area contributed by atoms with Crippen LogP contribution in [0.2, 0.25) is 0 Å². The lowest BCUT2D eigenvalue weighted by Gasteiger charge is -2.09. The minimum Gasteiger partial charge on any atom is -0.508 e. The van der Waals surface area contributed by atoms with Crippen LogP contribution in [0.25, 0.3) is 11.4 Å². The van der Waals surface area contributed by atoms with Crippen molar-refractivity contribution in [1.29, 1.82) is 0 Å². The van der Waals surface area contributed by atoms with Gasteiger partial charge in [-0.1, -0.05) is 26.0 Å². The van der Waals surface area contributed by atoms with E-state index in [4.69, 9.17) is 0 Å². The van der Waals surface area contributed by atoms with Gasteiger partial charge in [0.05, 0.1) is 0 Å². The second kappa shape index (κ2) is 6.18. The summed E-state index contributed by atoms with van der Waals surface area (Å²) in [6.45, 7) is 5.07. The lowest BCUT2D eigenvalue weighted by atomic mass is 10.2. The van der Waals surface area contributed by atoms with Gasteiger partial charge in [0.25, 0.3) is 0 Å². The average molecular weight is 257 g/mol. The molecule has 0 aliphatic rings. The van der Waals surface area contributed by atoms with Crippen LogP contribution in [0.15, 0.2) is 30.3 Å². The zero-order valence-corrected chi connectivity index (χ0v) is 11.3. The molecule has 1 heterocycles. The highest BCUT2D eigenvalue weighted by Gasteiger charge is 2.06. The highest BCUT2D eigenvalue weighted by atomic mass is 16.3. The number of phenols is 1. The van der Waals surface area contributed by atoms with E-state index in [2.05, 4.69) is 29.1 Å². The molecule has 0 bridgehead atoms. The van der Waals surface area contributed by atoms with Crippen LogP contribution in [0.4, 0.5) is 5.82 Å². The second-order valence-electron chi connectivity index (χ2n) is 4.40. The van der Waals surface area contributed by atoms with E-state index in [1.165, 1.54) is 0 Å². The first-order chi connectivity index (χ1) is 9.22. The highest BCUT2D eigenvalue weighted by Crippen LogP contribution is 2.22. The summed E-state index contributed by atoms with van der Waals surface area (Å²) in [6, 6.07) is 8.99. The molecule has 2 aromatic rings. The zero-order valence-electron chi connectivity index (χ0n) is 11.3. The number of aryl methyl sites for hydroxylation is 1. The van der Waals surface area contributed by atoms with E-state index in [9.17, 15) is 5.11 Å². The van der Waals surface area contributed by atoms with Gasteiger partial charge in [0.15, 0.2) is 5.82 Å². The van der Waals surface area contributed by atoms with Gasteiger partial charge in [-0.15, -0.1) is 0 Å². The minimum absolute atomic E-state index is 0.228. The summed E-state index contributed by atoms with van der Waals surface area (Å²) in [5.41, 5.74) is 1.82. The zero-order chi connectivity index (χ0) is 13.7. The van der Waals surface area contributed by atoms with E-state index in [1.807, 2.05) is 12.1 Å². The predicted molar refractivity (Wildman–Crippen MR) is 77.3 cm³/mol. The first kappa shape index (κ1) is 13.3. The fourth-order valence-corrected chi connectivity index (χ4v) is 1.80. The fraction of sp³-hybridized carbons (Fsp3) is 0.333. The summed E-state index contributed by atoms with van der Waals surface area (Å²) >= 11 is 0. The van der Waals surface area contributed by atoms with Crippen LogP contribution in [0.3, 0.4) is 0 Å². The number of hydrogen-bond donors (Lipinski definition) is 2. The van der Waals surface area contributed by atoms with Crippen molar-refractivity contribution in [2.45, 2.75) is 26.7 Å². The fourth-order valence-electron chi connectivity index (χ4n) is 1.80. The number of phenolic OH excluding ortho intramolecular Hbond substituents is 1. The number of anilines is 1. The second-order valence-corrected chi connectivity index (χ2v) is 4.40. The third-order valence-corrected chi connectivity index (χ3v) is 2.80. The standard InChI is InChI=1S/C15H19N3O/c1-3-8-16-14-10-12(4-2)17-15(18-14)11-6-5-7-13(19)9-11/h5-7,9-10,19H,3-4,8H2,1-2H3,(H,16,17,18). The van der Waals surface area contributed by atoms with Gasteiger partial charge >= 0.3 is 0 Å². The van der Waals surface area contributed by atoms with Crippen molar-refractivity contribution < 1.29 is 5.11 Å². The van der Waals surface area contributed by atoms with Crippen LogP contribution in [-0.2, 0) is 6.42 Å². The molecule has 0 unspecified atom stereocenters. The molecule has 0 aliphatic carbocycles. The Balaban J connectivity index is 2.38. The summed E-state index contributed by atoms with van der Waals surface area (Å²) in [5.74, 6) is 1.71. The Bertz CT molecular complexity index is 555. The van der Waals surface area contributed by atoms with Crippen LogP contribution < -0.4 is 5.32 Å². The number of aromatic hydroxyl groups is 1. The van der Waals surface area contributed by atoms with Crippen molar-refractivity contribution in [3.63, 3.8) is 0 Å². The largest absolute Gasteiger partial charge is 0.508 e. The van der Waals surface area contributed by atoms with Crippen molar-refractivity contribution in [3.05, 3.63) is 36.0 Å². The van der Waals surface area contributed by atoms with Gasteiger partial charge in [0.2, 0.25) is 0 Å². The van der Waals surface area contributed by atoms with Crippen molar-refractivity contribution >= 4 is 5.82 Å². The summed E-state index contributed by atoms with van der Waals surface area (Å²) in [5, 5.41) is 12.8. The van der Waals surface area contributed by atoms with Crippen LogP contribution >= 0.6 is 0 Å². The molecular formula is C15H19N3O. The SMILES string of the molecule is CCCNc1cc(CC)nc(-c2cccc(O)c2)n1. The average Bonchev–Trinajstić information content (AvgIpc) is 2.44. The molecule has 4 nitrogen and oxygen atoms in total. The molecule has 0 saturated carbocycles. The number of nitrogens with one attached hydrogen (secondary N) is 1. The number of rotatable bonds is 5. The molecule has 4 heteroatoms. The Morgan fingerprint density at radius 1 is 1.16 bits per heavy atom. The Kier molecular flexibility index (Phi) is 4.34. The third-order valence-electron chi connectivity index (χ3n) is 2.80. The van der Waals surface area contributed by atoms with Gasteiger partial charge in [-0.05, 0) is 25.0 Å². The molecule has 0 atom stereocenters. The van der Waals surface area contributed by atoms with Crippen LogP contribution in [-0.4, -0.2) is 21.6 Å². The van der Waals surface area contributed by atoms with E-state index >= 15 is 0 Å². The summed E-state index contributed by atoms with van der Waals surface area (Å²) in [6.07, 6.45) is 1.90. The summed E-state index contributed by atoms with van der Waals surface area (Å²) < 4.78 is 0. The Morgan fingerprint density at radius 3 is 2.68 bits per heavy atom. The number of hydrogen-bond acceptors (Lipinski definition) is 4. The van der Waals surface area contributed by atoms with Crippen molar-refractivity contribution in [3.8, 4) is 17.1 Å². The lowest BCUT2D eigenvalue weighted by Crippen LogP contribution is -2.05. The molecule has 0 aliphatic heterocycles. The van der Waals surface area contributed by atoms with E-state index in [0.29, 0.717) is 5.82 Å². The van der Waals surface area contributed by atoms with E-state index in [-0.39, 0.29) is 5.75 Å². The van der Waals surface area contributed by atoms with E-state index in [1.54, 1.807) is 18.2 Å². The molecular weight excluding hydrogens is 238 g/mol. The van der Waals surface area contributed by atoms with Gasteiger partial charge in [-0.25, -0.2) is 9.97 Å². The maximum Gasteiger partial charge on any atom is 0.161 e. The maximum atomic E-state index is 9.54. The van der Waals surface area contributed by atoms with Gasteiger partial charge in [0, 0.05) is 23.9 Å². The Hall–Kier alpha value is -2.10. The first-order valence-electron chi connectivity index (χ1n) is 6.64. The van der Waals surface area contributed by atoms with Crippen LogP contribution in [0, 0.1) is 0 Å². The number of nitrogens with zero attached hydrogens (tertiary/aromatic N) is 2. The van der Waals surface area contributed by atoms with Crippen molar-refractivity contribution in [2.24, 2.45) is 0 Å². The Morgan fingerprint density at radius 2 is 2.00 bits per heavy atom. The molecule has 19 heavy (non-hydrogen) atoms. The van der Waals surface area contributed by atoms with Gasteiger partial charge in [-0.3, -0.25) is 0 Å². The summed E-state index contributed by atoms with van der Waals surface area (Å²) in [7, 11) is 0. The molecule has 0 fully saturated rings. The molecule has 2 N–H and O–H groups in total. The van der Waals surface area contributed by atoms with Gasteiger partial charge < -0.3 is 10.4 Å². The molecule has 1 aromatic carbocycles. The summed E-state index contributed by atoms with van der Waals surface area (Å²) in [4.78, 5) is 9.01. The quantitative estimate of drug-likeness (QED) is 0.863. The lowest BCUT2D eigenvalue weighted by molar-refractivity contribution is 0.475. The predicted octanol–water partition coefficient (Wildman–Crippen LogP) is 3.23. The number of benzene rings is 1. The van der Waals surface area contributed by atoms with Crippen LogP contribution in [0.5, 0.6) is 5.75 Å². The monoisotopic (exact) mass is 257 g/mol. The van der Waals surface area contributed by atoms with Crippen LogP contribution in [0.1, 0.15) is 26.0 Å². The molecule has 0 saturated heterocycles. The molecule has 0 spiro atoms. The third kappa shape index (κ3) is 3.44. The van der Waals surface area contributed by atoms with Crippen molar-refractivity contribution in [2.75, 3.05) is 11.9 Å². The topological polar surface area (TPSA) is 58.0 Å². The molecule has 0 radical (unpaired) electrons. The normalized spacial score (nSPS) is 10.4. The van der Waals surface area contributed by atoms with Crippen molar-refractivity contribution in [1.82, 2.24) is 9.97 Å². The molecule has 1 aromatic heterocycles. The van der Waals surface area contributed by atoms with Gasteiger partial charge in [0.1, 0.15) is 11.6 Å². The molecule has 100 valence electrons. The smallest absolute Gasteiger partial charge is 0.161 e. The van der Waals surface area contributed by atoms with E-state index in [0.717, 1.165) is 36.5 Å². The first-order valence-corrected chi connectivity index (χ1v) is 6.64. The maximum absolute atomic E-state index is 9.54. The highest BCUT2D eigenvalue weighted by molar-refractivity contribution is 5.59. The Labute approximate surface area is 113 Å². The minimum atomic E-state index is 0.228. The molecule has 0 amide bonds. The number of aromatic nitrogens is 2. The van der Waals surface area contributed by atoms with E-state index < -0.39 is 0 Å². The molecule has 2 rings (SSSR count).